The Morgan fingerprint density at radius 2 is 1.08 bits per heavy atom. The van der Waals surface area contributed by atoms with Gasteiger partial charge in [-0.2, -0.15) is 0 Å². The minimum Gasteiger partial charge on any atom is -0.507 e. The van der Waals surface area contributed by atoms with Crippen molar-refractivity contribution < 1.29 is 7.85 Å². The Labute approximate surface area is 426 Å². The van der Waals surface area contributed by atoms with E-state index >= 15 is 0 Å². The van der Waals surface area contributed by atoms with Gasteiger partial charge in [0.2, 0.25) is 0 Å². The summed E-state index contributed by atoms with van der Waals surface area (Å²) in [5.74, 6) is -0.816. The van der Waals surface area contributed by atoms with Crippen LogP contribution in [-0.4, -0.2) is 19.6 Å². The molecule has 0 fully saturated rings. The van der Waals surface area contributed by atoms with Crippen molar-refractivity contribution in [3.63, 3.8) is 0 Å². The number of hydrogen-bond acceptors (Lipinski definition) is 3. The first-order valence-corrected chi connectivity index (χ1v) is 25.1. The van der Waals surface area contributed by atoms with Gasteiger partial charge in [-0.3, -0.25) is 9.55 Å². The summed E-state index contributed by atoms with van der Waals surface area (Å²) >= 11 is 0. The zero-order valence-corrected chi connectivity index (χ0v) is 44.3. The number of benzene rings is 7. The van der Waals surface area contributed by atoms with Gasteiger partial charge in [-0.1, -0.05) is 187 Å². The van der Waals surface area contributed by atoms with Crippen LogP contribution in [0.3, 0.4) is 0 Å². The Morgan fingerprint density at radius 3 is 1.70 bits per heavy atom. The number of rotatable bonds is 9. The second kappa shape index (κ2) is 18.6. The second-order valence-corrected chi connectivity index (χ2v) is 23.1. The smallest absolute Gasteiger partial charge is 0.149 e. The Bertz CT molecular complexity index is 3500. The Morgan fingerprint density at radius 1 is 0.493 bits per heavy atom. The molecule has 0 aliphatic heterocycles. The van der Waals surface area contributed by atoms with Gasteiger partial charge in [-0.25, -0.2) is 4.98 Å². The quantitative estimate of drug-likeness (QED) is 0.157. The summed E-state index contributed by atoms with van der Waals surface area (Å²) in [4.78, 5) is 10.7. The van der Waals surface area contributed by atoms with E-state index in [2.05, 4.69) is 213 Å². The number of phenolic OH excluding ortho intramolecular Hbond substituents is 1. The van der Waals surface area contributed by atoms with Gasteiger partial charge in [0, 0.05) is 25.6 Å². The Balaban J connectivity index is 1.29. The fourth-order valence-electron chi connectivity index (χ4n) is 9.68. The van der Waals surface area contributed by atoms with E-state index in [1.165, 1.54) is 5.56 Å². The van der Waals surface area contributed by atoms with Crippen LogP contribution in [-0.2, 0) is 16.2 Å². The average molecular weight is 936 g/mol. The van der Waals surface area contributed by atoms with Crippen molar-refractivity contribution in [3.8, 4) is 78.6 Å². The number of para-hydroxylation sites is 1. The molecule has 0 saturated carbocycles. The van der Waals surface area contributed by atoms with Crippen LogP contribution in [0.5, 0.6) is 5.75 Å². The van der Waals surface area contributed by atoms with E-state index in [0.29, 0.717) is 11.4 Å². The molecule has 360 valence electrons. The zero-order chi connectivity index (χ0) is 52.6. The number of aryl methyl sites for hydroxylation is 1. The highest BCUT2D eigenvalue weighted by atomic mass is 16.3. The molecule has 2 aromatic heterocycles. The van der Waals surface area contributed by atoms with Crippen LogP contribution in [0.25, 0.3) is 83.9 Å². The first kappa shape index (κ1) is 46.3. The normalized spacial score (nSPS) is 13.1. The van der Waals surface area contributed by atoms with Crippen LogP contribution >= 0.6 is 0 Å². The predicted molar refractivity (Wildman–Crippen MR) is 302 cm³/mol. The summed E-state index contributed by atoms with van der Waals surface area (Å²) in [5.41, 5.74) is 19.0. The van der Waals surface area contributed by atoms with Crippen LogP contribution < -0.4 is 0 Å². The third kappa shape index (κ3) is 9.87. The zero-order valence-electron chi connectivity index (χ0n) is 46.3. The fourth-order valence-corrected chi connectivity index (χ4v) is 9.68. The van der Waals surface area contributed by atoms with Crippen molar-refractivity contribution in [3.05, 3.63) is 191 Å². The Kier molecular flexibility index (Phi) is 12.1. The molecule has 0 aliphatic carbocycles. The predicted octanol–water partition coefficient (Wildman–Crippen LogP) is 18.6. The first-order valence-electron chi connectivity index (χ1n) is 26.1. The summed E-state index contributed by atoms with van der Waals surface area (Å²) in [7, 11) is 0. The Hall–Kier alpha value is -7.04. The number of phenols is 1. The standard InChI is InChI=1S/C67H71N3O/c1-41(2)48-32-49(42(3)4)34-51(33-48)46-25-28-60(43(5)31-46)70-61-22-18-21-56(62(61)69-64(70)57-39-55(66(9,10)11)40-58(63(57)71)67(12,13)14)52-35-50(44-19-16-15-17-20-44)36-53(37-52)59-38-47(29-30-68-59)45-23-26-54(27-24-45)65(6,7)8/h15-42,71H,1-14H3/i41D,42D. The van der Waals surface area contributed by atoms with Gasteiger partial charge in [0.1, 0.15) is 11.6 Å². The number of imidazole rings is 1. The molecule has 0 unspecified atom stereocenters. The van der Waals surface area contributed by atoms with Crippen LogP contribution in [0, 0.1) is 6.92 Å². The molecule has 0 radical (unpaired) electrons. The molecule has 71 heavy (non-hydrogen) atoms. The summed E-state index contributed by atoms with van der Waals surface area (Å²) in [6, 6.07) is 53.8. The maximum atomic E-state index is 12.6. The van der Waals surface area contributed by atoms with Gasteiger partial charge in [0.05, 0.1) is 28.0 Å². The van der Waals surface area contributed by atoms with Crippen LogP contribution in [0.4, 0.5) is 0 Å². The van der Waals surface area contributed by atoms with Crippen LogP contribution in [0.2, 0.25) is 0 Å². The number of hydrogen-bond donors (Lipinski definition) is 1. The van der Waals surface area contributed by atoms with Crippen LogP contribution in [0.15, 0.2) is 158 Å². The molecule has 0 aliphatic rings. The molecule has 0 bridgehead atoms. The molecule has 0 spiro atoms. The lowest BCUT2D eigenvalue weighted by Gasteiger charge is -2.27. The van der Waals surface area contributed by atoms with Crippen molar-refractivity contribution in [2.75, 3.05) is 0 Å². The number of pyridine rings is 1. The third-order valence-corrected chi connectivity index (χ3v) is 14.1. The van der Waals surface area contributed by atoms with Crippen molar-refractivity contribution in [2.24, 2.45) is 0 Å². The maximum absolute atomic E-state index is 12.6. The van der Waals surface area contributed by atoms with E-state index in [9.17, 15) is 5.11 Å². The summed E-state index contributed by atoms with van der Waals surface area (Å²) in [6.45, 7) is 29.6. The van der Waals surface area contributed by atoms with E-state index in [1.807, 2.05) is 46.0 Å². The minimum absolute atomic E-state index is 0.0602. The molecule has 4 heteroatoms. The fraction of sp³-hybridized carbons (Fsp3) is 0.284. The number of aromatic nitrogens is 3. The SMILES string of the molecule is [2H]C(C)(C)c1cc(-c2ccc(-n3c(-c4cc(C(C)(C)C)cc(C(C)(C)C)c4O)nc4c(-c5cc(-c6ccccc6)cc(-c6cc(-c7ccc(C(C)(C)C)cc7)ccn6)c5)cccc43)c(C)c2)cc(C([2H])(C)C)c1. The monoisotopic (exact) mass is 936 g/mol. The summed E-state index contributed by atoms with van der Waals surface area (Å²) in [6.07, 6.45) is 1.91. The van der Waals surface area contributed by atoms with E-state index < -0.39 is 11.8 Å². The summed E-state index contributed by atoms with van der Waals surface area (Å²) in [5, 5.41) is 12.6. The van der Waals surface area contributed by atoms with E-state index in [-0.39, 0.29) is 22.0 Å². The van der Waals surface area contributed by atoms with E-state index in [4.69, 9.17) is 12.7 Å². The second-order valence-electron chi connectivity index (χ2n) is 23.1. The lowest BCUT2D eigenvalue weighted by Crippen LogP contribution is -2.17. The molecular weight excluding hydrogens is 863 g/mol. The average Bonchev–Trinajstić information content (AvgIpc) is 3.72. The number of nitrogens with zero attached hydrogens (tertiary/aromatic N) is 3. The maximum Gasteiger partial charge on any atom is 0.149 e. The van der Waals surface area contributed by atoms with Gasteiger partial charge >= 0.3 is 0 Å². The molecule has 0 amide bonds. The van der Waals surface area contributed by atoms with Crippen molar-refractivity contribution in [2.45, 2.75) is 125 Å². The van der Waals surface area contributed by atoms with Gasteiger partial charge in [0.25, 0.3) is 0 Å². The molecule has 4 nitrogen and oxygen atoms in total. The van der Waals surface area contributed by atoms with Crippen molar-refractivity contribution in [1.82, 2.24) is 14.5 Å². The number of fused-ring (bicyclic) bond motifs is 1. The topological polar surface area (TPSA) is 50.9 Å². The van der Waals surface area contributed by atoms with Gasteiger partial charge in [-0.05, 0) is 156 Å². The van der Waals surface area contributed by atoms with Gasteiger partial charge < -0.3 is 5.11 Å². The first-order chi connectivity index (χ1) is 34.1. The minimum atomic E-state index is -0.844. The molecule has 2 heterocycles. The largest absolute Gasteiger partial charge is 0.507 e. The molecule has 0 saturated heterocycles. The van der Waals surface area contributed by atoms with Crippen LogP contribution in [0.1, 0.15) is 138 Å². The highest BCUT2D eigenvalue weighted by Gasteiger charge is 2.29. The lowest BCUT2D eigenvalue weighted by atomic mass is 9.79. The molecule has 7 aromatic carbocycles. The van der Waals surface area contributed by atoms with Crippen molar-refractivity contribution >= 4 is 11.0 Å². The van der Waals surface area contributed by atoms with Gasteiger partial charge in [-0.15, -0.1) is 0 Å². The summed E-state index contributed by atoms with van der Waals surface area (Å²) < 4.78 is 20.2. The molecule has 9 aromatic rings. The van der Waals surface area contributed by atoms with E-state index in [1.54, 1.807) is 0 Å². The third-order valence-electron chi connectivity index (χ3n) is 14.1. The molecule has 1 N–H and O–H groups in total. The molecular formula is C67H71N3O. The lowest BCUT2D eigenvalue weighted by molar-refractivity contribution is 0.446. The molecule has 9 rings (SSSR count). The van der Waals surface area contributed by atoms with Crippen molar-refractivity contribution in [1.29, 1.82) is 0 Å². The van der Waals surface area contributed by atoms with Gasteiger partial charge in [0.15, 0.2) is 0 Å². The highest BCUT2D eigenvalue weighted by molar-refractivity contribution is 5.98. The number of aromatic hydroxyl groups is 1. The van der Waals surface area contributed by atoms with E-state index in [0.717, 1.165) is 100 Å². The molecule has 0 atom stereocenters. The highest BCUT2D eigenvalue weighted by Crippen LogP contribution is 2.46.